The van der Waals surface area contributed by atoms with Gasteiger partial charge in [-0.25, -0.2) is 0 Å². The molecule has 0 saturated heterocycles. The Bertz CT molecular complexity index is 1120. The molecule has 0 aliphatic carbocycles. The van der Waals surface area contributed by atoms with Gasteiger partial charge in [-0.2, -0.15) is 0 Å². The summed E-state index contributed by atoms with van der Waals surface area (Å²) in [6.07, 6.45) is 3.75. The zero-order valence-corrected chi connectivity index (χ0v) is 17.1. The first-order valence-electron chi connectivity index (χ1n) is 8.69. The smallest absolute Gasteiger partial charge is 0.254 e. The molecular formula is C24H16N2Na+. The molecule has 3 aromatic carbocycles. The van der Waals surface area contributed by atoms with Gasteiger partial charge in [0.15, 0.2) is 0 Å². The second-order valence-electron chi connectivity index (χ2n) is 6.31. The number of aromatic nitrogens is 2. The van der Waals surface area contributed by atoms with E-state index in [1.807, 2.05) is 24.5 Å². The third-order valence-electron chi connectivity index (χ3n) is 4.79. The molecule has 2 nitrogen and oxygen atoms in total. The zero-order chi connectivity index (χ0) is 17.3. The van der Waals surface area contributed by atoms with E-state index in [4.69, 9.17) is 0 Å². The van der Waals surface area contributed by atoms with Gasteiger partial charge in [-0.05, 0) is 34.4 Å². The molecule has 0 spiro atoms. The first-order valence-corrected chi connectivity index (χ1v) is 8.69. The summed E-state index contributed by atoms with van der Waals surface area (Å²) in [4.78, 5) is 9.34. The van der Waals surface area contributed by atoms with Crippen LogP contribution in [0.15, 0.2) is 97.3 Å². The van der Waals surface area contributed by atoms with Crippen molar-refractivity contribution in [2.75, 3.05) is 0 Å². The summed E-state index contributed by atoms with van der Waals surface area (Å²) >= 11 is 0. The molecule has 0 unspecified atom stereocenters. The van der Waals surface area contributed by atoms with Crippen LogP contribution in [0.25, 0.3) is 44.1 Å². The summed E-state index contributed by atoms with van der Waals surface area (Å²) in [6.45, 7) is 0. The van der Waals surface area contributed by atoms with Crippen molar-refractivity contribution in [3.8, 4) is 22.3 Å². The molecule has 122 valence electrons. The summed E-state index contributed by atoms with van der Waals surface area (Å²) in [7, 11) is 0. The van der Waals surface area contributed by atoms with E-state index in [0.717, 1.165) is 21.8 Å². The van der Waals surface area contributed by atoms with Crippen molar-refractivity contribution >= 4 is 21.8 Å². The van der Waals surface area contributed by atoms with Crippen LogP contribution in [0, 0.1) is 0 Å². The fourth-order valence-corrected chi connectivity index (χ4v) is 3.57. The van der Waals surface area contributed by atoms with Crippen LogP contribution in [-0.2, 0) is 0 Å². The molecule has 0 fully saturated rings. The van der Waals surface area contributed by atoms with E-state index in [1.54, 1.807) is 0 Å². The summed E-state index contributed by atoms with van der Waals surface area (Å²) in [6, 6.07) is 29.3. The Kier molecular flexibility index (Phi) is 5.04. The van der Waals surface area contributed by atoms with Gasteiger partial charge in [0, 0.05) is 23.2 Å². The van der Waals surface area contributed by atoms with Crippen LogP contribution >= 0.6 is 0 Å². The molecule has 5 aromatic rings. The van der Waals surface area contributed by atoms with Crippen molar-refractivity contribution in [2.45, 2.75) is 0 Å². The molecule has 27 heavy (non-hydrogen) atoms. The predicted molar refractivity (Wildman–Crippen MR) is 108 cm³/mol. The van der Waals surface area contributed by atoms with Gasteiger partial charge >= 0.3 is 29.6 Å². The fourth-order valence-electron chi connectivity index (χ4n) is 3.57. The number of pyridine rings is 2. The largest absolute Gasteiger partial charge is 1.00 e. The average Bonchev–Trinajstić information content (AvgIpc) is 2.74. The second kappa shape index (κ2) is 7.61. The Morgan fingerprint density at radius 2 is 0.852 bits per heavy atom. The maximum absolute atomic E-state index is 4.67. The standard InChI is InChI=1S/C24H16N2.Na/c1-3-7-17(8-4-1)19-13-15-25-23-21(19)11-12-22-20(14-16-26-24(22)23)18-9-5-2-6-10-18;/h1-16H;/q;+1. The molecule has 0 atom stereocenters. The minimum absolute atomic E-state index is 0. The van der Waals surface area contributed by atoms with E-state index >= 15 is 0 Å². The first-order chi connectivity index (χ1) is 12.9. The molecule has 3 heteroatoms. The number of nitrogens with zero attached hydrogens (tertiary/aromatic N) is 2. The Labute approximate surface area is 180 Å². The molecule has 0 saturated carbocycles. The zero-order valence-electron chi connectivity index (χ0n) is 15.1. The monoisotopic (exact) mass is 355 g/mol. The summed E-state index contributed by atoms with van der Waals surface area (Å²) in [5.41, 5.74) is 6.65. The minimum atomic E-state index is 0. The van der Waals surface area contributed by atoms with Crippen molar-refractivity contribution in [1.82, 2.24) is 9.97 Å². The van der Waals surface area contributed by atoms with E-state index in [9.17, 15) is 0 Å². The van der Waals surface area contributed by atoms with Crippen LogP contribution in [0.3, 0.4) is 0 Å². The Balaban J connectivity index is 0.00000180. The number of benzene rings is 3. The summed E-state index contributed by atoms with van der Waals surface area (Å²) in [5, 5.41) is 2.26. The number of hydrogen-bond donors (Lipinski definition) is 0. The molecule has 0 aliphatic heterocycles. The maximum Gasteiger partial charge on any atom is 1.00 e. The molecule has 0 bridgehead atoms. The quantitative estimate of drug-likeness (QED) is 0.359. The van der Waals surface area contributed by atoms with Gasteiger partial charge in [0.1, 0.15) is 0 Å². The van der Waals surface area contributed by atoms with Crippen molar-refractivity contribution in [3.63, 3.8) is 0 Å². The predicted octanol–water partition coefficient (Wildman–Crippen LogP) is 3.12. The van der Waals surface area contributed by atoms with Gasteiger partial charge in [-0.15, -0.1) is 0 Å². The molecule has 0 radical (unpaired) electrons. The number of fused-ring (bicyclic) bond motifs is 3. The molecule has 0 amide bonds. The Morgan fingerprint density at radius 1 is 0.444 bits per heavy atom. The molecule has 0 N–H and O–H groups in total. The Morgan fingerprint density at radius 3 is 1.26 bits per heavy atom. The third kappa shape index (κ3) is 3.17. The van der Waals surface area contributed by atoms with Crippen molar-refractivity contribution < 1.29 is 29.6 Å². The molecule has 2 aromatic heterocycles. The van der Waals surface area contributed by atoms with Crippen LogP contribution < -0.4 is 29.6 Å². The van der Waals surface area contributed by atoms with E-state index in [1.165, 1.54) is 22.3 Å². The molecule has 2 heterocycles. The fraction of sp³-hybridized carbons (Fsp3) is 0. The first kappa shape index (κ1) is 17.9. The van der Waals surface area contributed by atoms with Crippen LogP contribution in [0.2, 0.25) is 0 Å². The van der Waals surface area contributed by atoms with E-state index in [-0.39, 0.29) is 29.6 Å². The van der Waals surface area contributed by atoms with Crippen molar-refractivity contribution in [1.29, 1.82) is 0 Å². The molecule has 5 rings (SSSR count). The number of hydrogen-bond acceptors (Lipinski definition) is 2. The molecular weight excluding hydrogens is 339 g/mol. The topological polar surface area (TPSA) is 25.8 Å². The average molecular weight is 355 g/mol. The van der Waals surface area contributed by atoms with Gasteiger partial charge in [0.05, 0.1) is 11.0 Å². The summed E-state index contributed by atoms with van der Waals surface area (Å²) in [5.74, 6) is 0. The number of rotatable bonds is 2. The van der Waals surface area contributed by atoms with Gasteiger partial charge in [-0.1, -0.05) is 72.8 Å². The van der Waals surface area contributed by atoms with E-state index in [2.05, 4.69) is 82.8 Å². The van der Waals surface area contributed by atoms with E-state index in [0.29, 0.717) is 0 Å². The normalized spacial score (nSPS) is 10.7. The second-order valence-corrected chi connectivity index (χ2v) is 6.31. The summed E-state index contributed by atoms with van der Waals surface area (Å²) < 4.78 is 0. The van der Waals surface area contributed by atoms with Crippen LogP contribution in [0.4, 0.5) is 0 Å². The van der Waals surface area contributed by atoms with E-state index < -0.39 is 0 Å². The van der Waals surface area contributed by atoms with Gasteiger partial charge in [0.2, 0.25) is 0 Å². The van der Waals surface area contributed by atoms with Crippen LogP contribution in [0.1, 0.15) is 0 Å². The van der Waals surface area contributed by atoms with Gasteiger partial charge in [0.25, 0.3) is 0 Å². The van der Waals surface area contributed by atoms with Gasteiger partial charge < -0.3 is 0 Å². The van der Waals surface area contributed by atoms with Crippen molar-refractivity contribution in [2.24, 2.45) is 0 Å². The third-order valence-corrected chi connectivity index (χ3v) is 4.79. The molecule has 0 aliphatic rings. The minimum Gasteiger partial charge on any atom is -0.254 e. The van der Waals surface area contributed by atoms with Crippen LogP contribution in [-0.4, -0.2) is 9.97 Å². The van der Waals surface area contributed by atoms with Crippen LogP contribution in [0.5, 0.6) is 0 Å². The van der Waals surface area contributed by atoms with Gasteiger partial charge in [-0.3, -0.25) is 9.97 Å². The Hall–Kier alpha value is -2.52. The SMILES string of the molecule is [Na+].c1ccc(-c2ccnc3c2ccc2c(-c4ccccc4)ccnc23)cc1. The van der Waals surface area contributed by atoms with Crippen molar-refractivity contribution in [3.05, 3.63) is 97.3 Å². The maximum atomic E-state index is 4.67.